The zero-order valence-electron chi connectivity index (χ0n) is 14.1. The molecule has 0 N–H and O–H groups in total. The second kappa shape index (κ2) is 7.79. The Bertz CT molecular complexity index is 748. The molecule has 0 saturated heterocycles. The van der Waals surface area contributed by atoms with Gasteiger partial charge in [-0.2, -0.15) is 0 Å². The molecule has 0 radical (unpaired) electrons. The largest absolute Gasteiger partial charge is 0.478 e. The Kier molecular flexibility index (Phi) is 5.28. The number of ether oxygens (including phenoxy) is 2. The molecule has 1 aliphatic heterocycles. The number of nitrogens with zero attached hydrogens (tertiary/aromatic N) is 2. The number of carbonyl (C=O) groups excluding carboxylic acids is 2. The van der Waals surface area contributed by atoms with Gasteiger partial charge in [0.2, 0.25) is 0 Å². The lowest BCUT2D eigenvalue weighted by Crippen LogP contribution is -2.47. The van der Waals surface area contributed by atoms with E-state index in [-0.39, 0.29) is 12.3 Å². The van der Waals surface area contributed by atoms with Gasteiger partial charge >= 0.3 is 5.97 Å². The van der Waals surface area contributed by atoms with Crippen LogP contribution in [-0.4, -0.2) is 36.6 Å². The van der Waals surface area contributed by atoms with Gasteiger partial charge in [-0.05, 0) is 36.6 Å². The van der Waals surface area contributed by atoms with Crippen LogP contribution in [0.1, 0.15) is 18.4 Å². The van der Waals surface area contributed by atoms with Gasteiger partial charge in [0.15, 0.2) is 6.10 Å². The van der Waals surface area contributed by atoms with Gasteiger partial charge < -0.3 is 14.4 Å². The van der Waals surface area contributed by atoms with Crippen LogP contribution in [-0.2, 0) is 20.7 Å². The van der Waals surface area contributed by atoms with Crippen LogP contribution in [0, 0.1) is 0 Å². The summed E-state index contributed by atoms with van der Waals surface area (Å²) in [7, 11) is 1.30. The minimum absolute atomic E-state index is 0.0945. The zero-order valence-corrected chi connectivity index (χ0v) is 14.1. The summed E-state index contributed by atoms with van der Waals surface area (Å²) in [6.07, 6.45) is 4.24. The Labute approximate surface area is 146 Å². The molecule has 0 bridgehead atoms. The van der Waals surface area contributed by atoms with Crippen molar-refractivity contribution in [3.05, 3.63) is 54.4 Å². The first-order valence-electron chi connectivity index (χ1n) is 8.22. The van der Waals surface area contributed by atoms with E-state index in [1.165, 1.54) is 7.11 Å². The number of hydrogen-bond acceptors (Lipinski definition) is 5. The van der Waals surface area contributed by atoms with Crippen molar-refractivity contribution in [2.24, 2.45) is 0 Å². The minimum Gasteiger partial charge on any atom is -0.478 e. The van der Waals surface area contributed by atoms with E-state index in [0.29, 0.717) is 12.3 Å². The molecule has 0 spiro atoms. The molecule has 1 atom stereocenters. The van der Waals surface area contributed by atoms with Crippen molar-refractivity contribution in [1.82, 2.24) is 4.98 Å². The number of amides is 1. The quantitative estimate of drug-likeness (QED) is 0.755. The molecule has 2 aromatic rings. The molecule has 3 rings (SSSR count). The number of fused-ring (bicyclic) bond motifs is 1. The third-order valence-electron chi connectivity index (χ3n) is 4.12. The number of pyridine rings is 1. The highest BCUT2D eigenvalue weighted by Crippen LogP contribution is 2.34. The number of methoxy groups -OCH3 is 1. The highest BCUT2D eigenvalue weighted by atomic mass is 16.5. The monoisotopic (exact) mass is 340 g/mol. The molecule has 0 aliphatic carbocycles. The van der Waals surface area contributed by atoms with E-state index in [1.54, 1.807) is 17.2 Å². The standard InChI is InChI=1S/C19H20N2O4/c1-24-18(22)12-17-19(23)21(15-8-2-3-9-16(15)25-17)11-5-7-14-6-4-10-20-13-14/h2-4,6,8-10,13,17H,5,7,11-12H2,1H3. The van der Waals surface area contributed by atoms with Crippen molar-refractivity contribution < 1.29 is 19.1 Å². The lowest BCUT2D eigenvalue weighted by atomic mass is 10.1. The van der Waals surface area contributed by atoms with Gasteiger partial charge in [-0.1, -0.05) is 18.2 Å². The summed E-state index contributed by atoms with van der Waals surface area (Å²) < 4.78 is 10.4. The number of benzene rings is 1. The van der Waals surface area contributed by atoms with Crippen LogP contribution in [0.15, 0.2) is 48.8 Å². The molecule has 1 unspecified atom stereocenters. The zero-order chi connectivity index (χ0) is 17.6. The molecule has 25 heavy (non-hydrogen) atoms. The van der Waals surface area contributed by atoms with E-state index in [9.17, 15) is 9.59 Å². The smallest absolute Gasteiger partial charge is 0.309 e. The first kappa shape index (κ1) is 17.0. The molecule has 2 heterocycles. The van der Waals surface area contributed by atoms with Crippen LogP contribution in [0.2, 0.25) is 0 Å². The summed E-state index contributed by atoms with van der Waals surface area (Å²) in [6, 6.07) is 11.3. The summed E-state index contributed by atoms with van der Waals surface area (Å²) in [5.41, 5.74) is 1.86. The van der Waals surface area contributed by atoms with Gasteiger partial charge in [0.05, 0.1) is 19.2 Å². The average molecular weight is 340 g/mol. The van der Waals surface area contributed by atoms with Gasteiger partial charge in [0, 0.05) is 18.9 Å². The second-order valence-electron chi connectivity index (χ2n) is 5.81. The van der Waals surface area contributed by atoms with Gasteiger partial charge in [-0.3, -0.25) is 14.6 Å². The summed E-state index contributed by atoms with van der Waals surface area (Å²) in [5.74, 6) is -0.0688. The summed E-state index contributed by atoms with van der Waals surface area (Å²) in [6.45, 7) is 0.547. The van der Waals surface area contributed by atoms with E-state index < -0.39 is 12.1 Å². The van der Waals surface area contributed by atoms with Crippen LogP contribution in [0.25, 0.3) is 0 Å². The van der Waals surface area contributed by atoms with Gasteiger partial charge in [0.25, 0.3) is 5.91 Å². The molecule has 1 aromatic heterocycles. The fraction of sp³-hybridized carbons (Fsp3) is 0.316. The highest BCUT2D eigenvalue weighted by molar-refractivity contribution is 6.01. The Morgan fingerprint density at radius 1 is 1.28 bits per heavy atom. The first-order valence-corrected chi connectivity index (χ1v) is 8.22. The van der Waals surface area contributed by atoms with Crippen molar-refractivity contribution in [2.75, 3.05) is 18.6 Å². The lowest BCUT2D eigenvalue weighted by Gasteiger charge is -2.34. The Morgan fingerprint density at radius 3 is 2.88 bits per heavy atom. The molecule has 1 aromatic carbocycles. The van der Waals surface area contributed by atoms with Crippen LogP contribution in [0.5, 0.6) is 5.75 Å². The number of rotatable bonds is 6. The van der Waals surface area contributed by atoms with E-state index >= 15 is 0 Å². The lowest BCUT2D eigenvalue weighted by molar-refractivity contribution is -0.145. The molecule has 1 amide bonds. The first-order chi connectivity index (χ1) is 12.2. The van der Waals surface area contributed by atoms with E-state index in [1.807, 2.05) is 36.5 Å². The normalized spacial score (nSPS) is 16.1. The second-order valence-corrected chi connectivity index (χ2v) is 5.81. The van der Waals surface area contributed by atoms with E-state index in [0.717, 1.165) is 24.1 Å². The van der Waals surface area contributed by atoms with Gasteiger partial charge in [-0.15, -0.1) is 0 Å². The molecular weight excluding hydrogens is 320 g/mol. The molecule has 1 aliphatic rings. The fourth-order valence-corrected chi connectivity index (χ4v) is 2.86. The number of anilines is 1. The summed E-state index contributed by atoms with van der Waals surface area (Å²) in [5, 5.41) is 0. The van der Waals surface area contributed by atoms with Gasteiger partial charge in [0.1, 0.15) is 5.75 Å². The SMILES string of the molecule is COC(=O)CC1Oc2ccccc2N(CCCc2cccnc2)C1=O. The predicted octanol–water partition coefficient (Wildman–Crippen LogP) is 2.37. The van der Waals surface area contributed by atoms with Gasteiger partial charge in [-0.25, -0.2) is 0 Å². The maximum Gasteiger partial charge on any atom is 0.309 e. The van der Waals surface area contributed by atoms with Crippen LogP contribution in [0.3, 0.4) is 0 Å². The van der Waals surface area contributed by atoms with Crippen molar-refractivity contribution >= 4 is 17.6 Å². The van der Waals surface area contributed by atoms with Crippen LogP contribution < -0.4 is 9.64 Å². The third-order valence-corrected chi connectivity index (χ3v) is 4.12. The number of esters is 1. The number of aromatic nitrogens is 1. The predicted molar refractivity (Wildman–Crippen MR) is 92.4 cm³/mol. The van der Waals surface area contributed by atoms with E-state index in [2.05, 4.69) is 9.72 Å². The minimum atomic E-state index is -0.847. The molecular formula is C19H20N2O4. The van der Waals surface area contributed by atoms with Crippen molar-refractivity contribution in [3.8, 4) is 5.75 Å². The topological polar surface area (TPSA) is 68.7 Å². The highest BCUT2D eigenvalue weighted by Gasteiger charge is 2.35. The average Bonchev–Trinajstić information content (AvgIpc) is 2.65. The molecule has 6 heteroatoms. The third kappa shape index (κ3) is 3.96. The van der Waals surface area contributed by atoms with Crippen molar-refractivity contribution in [1.29, 1.82) is 0 Å². The van der Waals surface area contributed by atoms with E-state index in [4.69, 9.17) is 4.74 Å². The maximum atomic E-state index is 12.8. The molecule has 0 saturated carbocycles. The Hall–Kier alpha value is -2.89. The number of aryl methyl sites for hydroxylation is 1. The van der Waals surface area contributed by atoms with Crippen LogP contribution in [0.4, 0.5) is 5.69 Å². The summed E-state index contributed by atoms with van der Waals surface area (Å²) in [4.78, 5) is 30.1. The number of hydrogen-bond donors (Lipinski definition) is 0. The van der Waals surface area contributed by atoms with Crippen molar-refractivity contribution in [3.63, 3.8) is 0 Å². The Morgan fingerprint density at radius 2 is 2.12 bits per heavy atom. The molecule has 130 valence electrons. The Balaban J connectivity index is 1.73. The molecule has 6 nitrogen and oxygen atoms in total. The number of para-hydroxylation sites is 2. The fourth-order valence-electron chi connectivity index (χ4n) is 2.86. The van der Waals surface area contributed by atoms with Crippen LogP contribution >= 0.6 is 0 Å². The molecule has 0 fully saturated rings. The maximum absolute atomic E-state index is 12.8. The number of carbonyl (C=O) groups is 2. The summed E-state index contributed by atoms with van der Waals surface area (Å²) >= 11 is 0. The van der Waals surface area contributed by atoms with Crippen molar-refractivity contribution in [2.45, 2.75) is 25.4 Å².